The summed E-state index contributed by atoms with van der Waals surface area (Å²) in [6.45, 7) is 2.35. The lowest BCUT2D eigenvalue weighted by molar-refractivity contribution is 0.340. The second kappa shape index (κ2) is 8.81. The second-order valence-electron chi connectivity index (χ2n) is 4.75. The zero-order valence-electron chi connectivity index (χ0n) is 13.7. The molecule has 0 radical (unpaired) electrons. The lowest BCUT2D eigenvalue weighted by Crippen LogP contribution is -2.11. The summed E-state index contributed by atoms with van der Waals surface area (Å²) in [5.41, 5.74) is 0. The van der Waals surface area contributed by atoms with Gasteiger partial charge < -0.3 is 4.74 Å². The van der Waals surface area contributed by atoms with Crippen molar-refractivity contribution in [1.82, 2.24) is 0 Å². The van der Waals surface area contributed by atoms with Crippen LogP contribution in [0.25, 0.3) is 0 Å². The van der Waals surface area contributed by atoms with Crippen LogP contribution < -0.4 is 4.74 Å². The van der Waals surface area contributed by atoms with Gasteiger partial charge in [-0.25, -0.2) is 22.0 Å². The van der Waals surface area contributed by atoms with Gasteiger partial charge >= 0.3 is 10.1 Å². The molecule has 0 saturated heterocycles. The summed E-state index contributed by atoms with van der Waals surface area (Å²) < 4.78 is 126. The average molecular weight is 450 g/mol. The third kappa shape index (κ3) is 5.60. The maximum absolute atomic E-state index is 12.6. The first-order chi connectivity index (χ1) is 12.7. The summed E-state index contributed by atoms with van der Waals surface area (Å²) in [4.78, 5) is -2.39. The third-order valence-electron chi connectivity index (χ3n) is 2.86. The molecule has 0 atom stereocenters. The van der Waals surface area contributed by atoms with Gasteiger partial charge in [0.15, 0.2) is 28.2 Å². The Hall–Kier alpha value is -2.29. The summed E-state index contributed by atoms with van der Waals surface area (Å²) in [6, 6.07) is 5.57. The van der Waals surface area contributed by atoms with Crippen molar-refractivity contribution in [1.29, 1.82) is 0 Å². The van der Waals surface area contributed by atoms with Crippen LogP contribution in [-0.4, -0.2) is 32.5 Å². The molecule has 0 aliphatic heterocycles. The summed E-state index contributed by atoms with van der Waals surface area (Å²) in [5, 5.41) is 0. The first kappa shape index (κ1) is 23.7. The molecule has 0 spiro atoms. The first-order valence-electron chi connectivity index (χ1n) is 6.91. The Morgan fingerprint density at radius 2 is 1.14 bits per heavy atom. The average Bonchev–Trinajstić information content (AvgIpc) is 2.58. The summed E-state index contributed by atoms with van der Waals surface area (Å²) in [5.74, 6) is -12.0. The van der Waals surface area contributed by atoms with Gasteiger partial charge in [-0.2, -0.15) is 16.8 Å². The van der Waals surface area contributed by atoms with E-state index in [1.54, 1.807) is 0 Å². The highest BCUT2D eigenvalue weighted by Crippen LogP contribution is 2.26. The molecule has 0 aromatic heterocycles. The second-order valence-corrected chi connectivity index (χ2v) is 7.53. The molecule has 2 aromatic rings. The Kier molecular flexibility index (Phi) is 7.47. The van der Waals surface area contributed by atoms with E-state index in [2.05, 4.69) is 0 Å². The molecule has 2 aromatic carbocycles. The zero-order valence-corrected chi connectivity index (χ0v) is 15.3. The minimum Gasteiger partial charge on any atom is -0.494 e. The monoisotopic (exact) mass is 450 g/mol. The molecule has 0 heterocycles. The van der Waals surface area contributed by atoms with Crippen LogP contribution in [0.1, 0.15) is 6.92 Å². The molecule has 14 heteroatoms. The maximum atomic E-state index is 12.6. The fourth-order valence-electron chi connectivity index (χ4n) is 1.69. The minimum atomic E-state index is -5.52. The third-order valence-corrected chi connectivity index (χ3v) is 4.60. The SMILES string of the molecule is CCOc1ccc(S(=O)(=O)O)cc1.O=S(=O)(O)c1c(F)c(F)c(F)c(F)c1F. The fraction of sp³-hybridized carbons (Fsp3) is 0.143. The van der Waals surface area contributed by atoms with Gasteiger partial charge in [0.05, 0.1) is 11.5 Å². The van der Waals surface area contributed by atoms with Crippen LogP contribution >= 0.6 is 0 Å². The fourth-order valence-corrected chi connectivity index (χ4v) is 2.80. The topological polar surface area (TPSA) is 118 Å². The Morgan fingerprint density at radius 3 is 1.46 bits per heavy atom. The number of rotatable bonds is 4. The zero-order chi connectivity index (χ0) is 21.9. The maximum Gasteiger partial charge on any atom is 0.300 e. The van der Waals surface area contributed by atoms with Gasteiger partial charge in [-0.1, -0.05) is 0 Å². The molecule has 0 aliphatic rings. The molecule has 0 saturated carbocycles. The van der Waals surface area contributed by atoms with E-state index < -0.39 is 54.2 Å². The Balaban J connectivity index is 0.000000283. The molecule has 156 valence electrons. The first-order valence-corrected chi connectivity index (χ1v) is 9.79. The molecule has 7 nitrogen and oxygen atoms in total. The van der Waals surface area contributed by atoms with Crippen molar-refractivity contribution in [2.75, 3.05) is 6.61 Å². The molecule has 28 heavy (non-hydrogen) atoms. The summed E-state index contributed by atoms with van der Waals surface area (Å²) in [6.07, 6.45) is 0. The van der Waals surface area contributed by atoms with Crippen molar-refractivity contribution in [3.05, 3.63) is 53.4 Å². The standard InChI is InChI=1S/C8H10O4S.C6HF5O3S/c1-2-12-7-3-5-8(6-4-7)13(9,10)11;7-1-2(8)4(10)6(15(12,13)14)5(11)3(1)9/h3-6H,2H2,1H3,(H,9,10,11);(H,12,13,14). The lowest BCUT2D eigenvalue weighted by atomic mass is 10.3. The summed E-state index contributed by atoms with van der Waals surface area (Å²) in [7, 11) is -9.61. The molecule has 0 fully saturated rings. The van der Waals surface area contributed by atoms with E-state index in [1.807, 2.05) is 6.92 Å². The van der Waals surface area contributed by atoms with Crippen molar-refractivity contribution < 1.29 is 52.6 Å². The molecule has 0 aliphatic carbocycles. The Morgan fingerprint density at radius 1 is 0.750 bits per heavy atom. The minimum absolute atomic E-state index is 0.129. The number of benzene rings is 2. The van der Waals surface area contributed by atoms with Gasteiger partial charge in [-0.05, 0) is 31.2 Å². The van der Waals surface area contributed by atoms with E-state index in [9.17, 15) is 38.8 Å². The van der Waals surface area contributed by atoms with Crippen molar-refractivity contribution in [3.8, 4) is 5.75 Å². The smallest absolute Gasteiger partial charge is 0.300 e. The number of hydrogen-bond donors (Lipinski definition) is 2. The van der Waals surface area contributed by atoms with Crippen molar-refractivity contribution in [2.24, 2.45) is 0 Å². The molecule has 0 amide bonds. The number of hydrogen-bond acceptors (Lipinski definition) is 5. The highest BCUT2D eigenvalue weighted by atomic mass is 32.2. The van der Waals surface area contributed by atoms with Crippen molar-refractivity contribution in [2.45, 2.75) is 16.7 Å². The lowest BCUT2D eigenvalue weighted by Gasteiger charge is -2.04. The predicted molar refractivity (Wildman–Crippen MR) is 83.5 cm³/mol. The van der Waals surface area contributed by atoms with E-state index >= 15 is 0 Å². The molecule has 0 unspecified atom stereocenters. The van der Waals surface area contributed by atoms with E-state index in [1.165, 1.54) is 24.3 Å². The molecular weight excluding hydrogens is 439 g/mol. The highest BCUT2D eigenvalue weighted by Gasteiger charge is 2.32. The molecule has 2 rings (SSSR count). The van der Waals surface area contributed by atoms with Crippen LogP contribution in [0.5, 0.6) is 5.75 Å². The Bertz CT molecular complexity index is 1040. The van der Waals surface area contributed by atoms with E-state index in [4.69, 9.17) is 13.8 Å². The molecule has 2 N–H and O–H groups in total. The van der Waals surface area contributed by atoms with Gasteiger partial charge in [0, 0.05) is 0 Å². The normalized spacial score (nSPS) is 11.6. The molecular formula is C14H11F5O7S2. The number of ether oxygens (including phenoxy) is 1. The van der Waals surface area contributed by atoms with Crippen LogP contribution in [0.3, 0.4) is 0 Å². The van der Waals surface area contributed by atoms with Gasteiger partial charge in [0.25, 0.3) is 10.1 Å². The van der Waals surface area contributed by atoms with Crippen LogP contribution in [0, 0.1) is 29.1 Å². The quantitative estimate of drug-likeness (QED) is 0.318. The van der Waals surface area contributed by atoms with Gasteiger partial charge in [0.1, 0.15) is 5.75 Å². The largest absolute Gasteiger partial charge is 0.494 e. The van der Waals surface area contributed by atoms with Crippen molar-refractivity contribution >= 4 is 20.2 Å². The van der Waals surface area contributed by atoms with Crippen LogP contribution in [0.4, 0.5) is 22.0 Å². The van der Waals surface area contributed by atoms with Crippen LogP contribution in [-0.2, 0) is 20.2 Å². The van der Waals surface area contributed by atoms with E-state index in [0.29, 0.717) is 12.4 Å². The summed E-state index contributed by atoms with van der Waals surface area (Å²) >= 11 is 0. The van der Waals surface area contributed by atoms with Gasteiger partial charge in [0.2, 0.25) is 5.82 Å². The van der Waals surface area contributed by atoms with Gasteiger partial charge in [-0.15, -0.1) is 0 Å². The highest BCUT2D eigenvalue weighted by molar-refractivity contribution is 7.86. The predicted octanol–water partition coefficient (Wildman–Crippen LogP) is 2.96. The van der Waals surface area contributed by atoms with Crippen LogP contribution in [0.15, 0.2) is 34.1 Å². The Labute approximate surface area is 155 Å². The van der Waals surface area contributed by atoms with Crippen molar-refractivity contribution in [3.63, 3.8) is 0 Å². The van der Waals surface area contributed by atoms with Gasteiger partial charge in [-0.3, -0.25) is 9.11 Å². The molecule has 0 bridgehead atoms. The van der Waals surface area contributed by atoms with Crippen LogP contribution in [0.2, 0.25) is 0 Å². The number of halogens is 5. The van der Waals surface area contributed by atoms with E-state index in [-0.39, 0.29) is 4.90 Å². The van der Waals surface area contributed by atoms with E-state index in [0.717, 1.165) is 0 Å².